The van der Waals surface area contributed by atoms with Gasteiger partial charge in [-0.05, 0) is 32.0 Å². The molecule has 0 spiro atoms. The minimum absolute atomic E-state index is 0.0347. The Labute approximate surface area is 147 Å². The molecule has 7 heteroatoms. The zero-order chi connectivity index (χ0) is 18.1. The van der Waals surface area contributed by atoms with Crippen molar-refractivity contribution in [2.24, 2.45) is 0 Å². The minimum Gasteiger partial charge on any atom is -0.477 e. The molecule has 0 fully saturated rings. The van der Waals surface area contributed by atoms with Gasteiger partial charge in [-0.25, -0.2) is 14.2 Å². The first-order chi connectivity index (χ1) is 11.9. The molecular formula is C18H15FN2O3S. The van der Waals surface area contributed by atoms with Crippen molar-refractivity contribution in [3.63, 3.8) is 0 Å². The molecule has 2 aromatic heterocycles. The first-order valence-electron chi connectivity index (χ1n) is 7.62. The third kappa shape index (κ3) is 3.28. The molecule has 3 aromatic rings. The van der Waals surface area contributed by atoms with Gasteiger partial charge in [-0.2, -0.15) is 0 Å². The summed E-state index contributed by atoms with van der Waals surface area (Å²) in [6.45, 7) is 4.17. The van der Waals surface area contributed by atoms with Crippen molar-refractivity contribution >= 4 is 28.8 Å². The van der Waals surface area contributed by atoms with Gasteiger partial charge in [0.1, 0.15) is 16.2 Å². The fourth-order valence-corrected chi connectivity index (χ4v) is 3.24. The van der Waals surface area contributed by atoms with Crippen LogP contribution in [0.15, 0.2) is 51.2 Å². The number of carboxylic acid groups (broad SMARTS) is 1. The molecule has 0 atom stereocenters. The number of halogens is 1. The Morgan fingerprint density at radius 2 is 2.00 bits per heavy atom. The fourth-order valence-electron chi connectivity index (χ4n) is 2.45. The number of nitrogens with zero attached hydrogens (tertiary/aromatic N) is 2. The van der Waals surface area contributed by atoms with Gasteiger partial charge in [-0.15, -0.1) is 0 Å². The van der Waals surface area contributed by atoms with Crippen LogP contribution >= 0.6 is 11.8 Å². The van der Waals surface area contributed by atoms with Gasteiger partial charge in [0.25, 0.3) is 0 Å². The lowest BCUT2D eigenvalue weighted by Crippen LogP contribution is -2.19. The number of aromatic carboxylic acids is 1. The third-order valence-corrected chi connectivity index (χ3v) is 4.76. The highest BCUT2D eigenvalue weighted by molar-refractivity contribution is 7.99. The summed E-state index contributed by atoms with van der Waals surface area (Å²) in [7, 11) is 0. The first kappa shape index (κ1) is 17.2. The van der Waals surface area contributed by atoms with E-state index in [1.807, 2.05) is 31.2 Å². The van der Waals surface area contributed by atoms with Crippen LogP contribution in [0, 0.1) is 12.7 Å². The van der Waals surface area contributed by atoms with E-state index in [1.165, 1.54) is 6.20 Å². The monoisotopic (exact) mass is 358 g/mol. The van der Waals surface area contributed by atoms with Gasteiger partial charge >= 0.3 is 5.97 Å². The summed E-state index contributed by atoms with van der Waals surface area (Å²) in [5.74, 6) is -1.99. The Kier molecular flexibility index (Phi) is 4.59. The molecule has 3 rings (SSSR count). The molecular weight excluding hydrogens is 343 g/mol. The highest BCUT2D eigenvalue weighted by Gasteiger charge is 2.18. The standard InChI is InChI=1S/C18H15FN2O3S/c1-3-21-9-13(18(23)24)15(22)12-8-14(19)17(20-16(12)21)25-11-6-4-10(2)5-7-11/h4-9H,3H2,1-2H3,(H,23,24). The summed E-state index contributed by atoms with van der Waals surface area (Å²) in [5.41, 5.74) is 0.241. The van der Waals surface area contributed by atoms with E-state index in [2.05, 4.69) is 4.98 Å². The van der Waals surface area contributed by atoms with Crippen molar-refractivity contribution in [1.82, 2.24) is 9.55 Å². The quantitative estimate of drug-likeness (QED) is 0.770. The SMILES string of the molecule is CCn1cc(C(=O)O)c(=O)c2cc(F)c(Sc3ccc(C)cc3)nc21. The molecule has 0 aliphatic heterocycles. The van der Waals surface area contributed by atoms with E-state index in [-0.39, 0.29) is 16.1 Å². The molecule has 25 heavy (non-hydrogen) atoms. The van der Waals surface area contributed by atoms with E-state index in [4.69, 9.17) is 5.11 Å². The van der Waals surface area contributed by atoms with Gasteiger partial charge in [0.05, 0.1) is 5.39 Å². The van der Waals surface area contributed by atoms with Crippen molar-refractivity contribution in [1.29, 1.82) is 0 Å². The summed E-state index contributed by atoms with van der Waals surface area (Å²) in [5, 5.41) is 9.26. The minimum atomic E-state index is -1.34. The van der Waals surface area contributed by atoms with Gasteiger partial charge in [0, 0.05) is 17.6 Å². The molecule has 1 aromatic carbocycles. The highest BCUT2D eigenvalue weighted by atomic mass is 32.2. The van der Waals surface area contributed by atoms with E-state index in [9.17, 15) is 14.0 Å². The first-order valence-corrected chi connectivity index (χ1v) is 8.44. The zero-order valence-electron chi connectivity index (χ0n) is 13.6. The predicted octanol–water partition coefficient (Wildman–Crippen LogP) is 3.71. The van der Waals surface area contributed by atoms with Crippen molar-refractivity contribution in [3.8, 4) is 0 Å². The summed E-state index contributed by atoms with van der Waals surface area (Å²) in [4.78, 5) is 28.6. The number of carboxylic acids is 1. The van der Waals surface area contributed by atoms with Crippen LogP contribution in [0.5, 0.6) is 0 Å². The van der Waals surface area contributed by atoms with Crippen LogP contribution in [0.25, 0.3) is 11.0 Å². The average Bonchev–Trinajstić information content (AvgIpc) is 2.58. The Morgan fingerprint density at radius 1 is 1.32 bits per heavy atom. The molecule has 128 valence electrons. The lowest BCUT2D eigenvalue weighted by Gasteiger charge is -2.11. The van der Waals surface area contributed by atoms with E-state index < -0.39 is 22.8 Å². The molecule has 1 N–H and O–H groups in total. The van der Waals surface area contributed by atoms with Crippen molar-refractivity contribution < 1.29 is 14.3 Å². The fraction of sp³-hybridized carbons (Fsp3) is 0.167. The number of aromatic nitrogens is 2. The summed E-state index contributed by atoms with van der Waals surface area (Å²) < 4.78 is 16.0. The molecule has 0 aliphatic carbocycles. The number of hydrogen-bond acceptors (Lipinski definition) is 4. The largest absolute Gasteiger partial charge is 0.477 e. The maximum absolute atomic E-state index is 14.5. The molecule has 0 saturated heterocycles. The van der Waals surface area contributed by atoms with Crippen LogP contribution < -0.4 is 5.43 Å². The second-order valence-electron chi connectivity index (χ2n) is 5.52. The second kappa shape index (κ2) is 6.68. The topological polar surface area (TPSA) is 72.2 Å². The van der Waals surface area contributed by atoms with Gasteiger partial charge < -0.3 is 9.67 Å². The van der Waals surface area contributed by atoms with Crippen LogP contribution in [0.2, 0.25) is 0 Å². The molecule has 0 aliphatic rings. The summed E-state index contributed by atoms with van der Waals surface area (Å²) >= 11 is 1.16. The smallest absolute Gasteiger partial charge is 0.341 e. The van der Waals surface area contributed by atoms with Crippen molar-refractivity contribution in [3.05, 3.63) is 63.7 Å². The number of hydrogen-bond donors (Lipinski definition) is 1. The molecule has 5 nitrogen and oxygen atoms in total. The van der Waals surface area contributed by atoms with E-state index in [1.54, 1.807) is 11.5 Å². The molecule has 2 heterocycles. The molecule has 0 bridgehead atoms. The molecule has 0 radical (unpaired) electrons. The Morgan fingerprint density at radius 3 is 2.60 bits per heavy atom. The number of carbonyl (C=O) groups is 1. The predicted molar refractivity (Wildman–Crippen MR) is 93.9 cm³/mol. The van der Waals surface area contributed by atoms with Gasteiger partial charge in [0.15, 0.2) is 5.82 Å². The van der Waals surface area contributed by atoms with Gasteiger partial charge in [0.2, 0.25) is 5.43 Å². The normalized spacial score (nSPS) is 11.0. The lowest BCUT2D eigenvalue weighted by atomic mass is 10.2. The average molecular weight is 358 g/mol. The van der Waals surface area contributed by atoms with Crippen LogP contribution in [-0.2, 0) is 6.54 Å². The number of benzene rings is 1. The number of pyridine rings is 2. The molecule has 0 amide bonds. The van der Waals surface area contributed by atoms with Crippen LogP contribution in [0.4, 0.5) is 4.39 Å². The van der Waals surface area contributed by atoms with Gasteiger partial charge in [-0.3, -0.25) is 4.79 Å². The van der Waals surface area contributed by atoms with Crippen LogP contribution in [0.1, 0.15) is 22.8 Å². The molecule has 0 saturated carbocycles. The maximum Gasteiger partial charge on any atom is 0.341 e. The maximum atomic E-state index is 14.5. The van der Waals surface area contributed by atoms with Crippen LogP contribution in [-0.4, -0.2) is 20.6 Å². The summed E-state index contributed by atoms with van der Waals surface area (Å²) in [6.07, 6.45) is 1.25. The van der Waals surface area contributed by atoms with Crippen molar-refractivity contribution in [2.45, 2.75) is 30.3 Å². The van der Waals surface area contributed by atoms with E-state index in [0.717, 1.165) is 28.3 Å². The Bertz CT molecular complexity index is 1030. The van der Waals surface area contributed by atoms with E-state index >= 15 is 0 Å². The number of rotatable bonds is 4. The second-order valence-corrected chi connectivity index (χ2v) is 6.59. The van der Waals surface area contributed by atoms with E-state index in [0.29, 0.717) is 6.54 Å². The third-order valence-electron chi connectivity index (χ3n) is 3.78. The Balaban J connectivity index is 2.18. The summed E-state index contributed by atoms with van der Waals surface area (Å²) in [6, 6.07) is 8.64. The van der Waals surface area contributed by atoms with Crippen molar-refractivity contribution in [2.75, 3.05) is 0 Å². The highest BCUT2D eigenvalue weighted by Crippen LogP contribution is 2.30. The number of fused-ring (bicyclic) bond motifs is 1. The Hall–Kier alpha value is -2.67. The van der Waals surface area contributed by atoms with Crippen LogP contribution in [0.3, 0.4) is 0 Å². The lowest BCUT2D eigenvalue weighted by molar-refractivity contribution is 0.0695. The number of aryl methyl sites for hydroxylation is 2. The molecule has 0 unspecified atom stereocenters. The van der Waals surface area contributed by atoms with Gasteiger partial charge in [-0.1, -0.05) is 29.5 Å². The zero-order valence-corrected chi connectivity index (χ0v) is 14.4.